The number of hydrogen-bond acceptors (Lipinski definition) is 2. The molecule has 2 heterocycles. The minimum absolute atomic E-state index is 0.0123. The van der Waals surface area contributed by atoms with E-state index in [1.807, 2.05) is 12.3 Å². The van der Waals surface area contributed by atoms with E-state index >= 15 is 0 Å². The molecule has 1 saturated heterocycles. The van der Waals surface area contributed by atoms with E-state index in [-0.39, 0.29) is 5.56 Å². The van der Waals surface area contributed by atoms with E-state index in [2.05, 4.69) is 16.9 Å². The van der Waals surface area contributed by atoms with Gasteiger partial charge in [0.05, 0.1) is 0 Å². The van der Waals surface area contributed by atoms with E-state index in [4.69, 9.17) is 0 Å². The molecule has 3 heteroatoms. The molecular weight excluding hydrogens is 176 g/mol. The molecule has 0 aliphatic carbocycles. The molecule has 1 aromatic rings. The van der Waals surface area contributed by atoms with Crippen molar-refractivity contribution in [2.24, 2.45) is 0 Å². The van der Waals surface area contributed by atoms with Crippen LogP contribution >= 0.6 is 0 Å². The Morgan fingerprint density at radius 1 is 1.36 bits per heavy atom. The monoisotopic (exact) mass is 192 g/mol. The number of likely N-dealkylation sites (tertiary alicyclic amines) is 1. The zero-order chi connectivity index (χ0) is 9.97. The lowest BCUT2D eigenvalue weighted by atomic mass is 9.91. The summed E-state index contributed by atoms with van der Waals surface area (Å²) in [6.07, 6.45) is 4.25. The van der Waals surface area contributed by atoms with Gasteiger partial charge in [0.15, 0.2) is 0 Å². The maximum absolute atomic E-state index is 10.9. The summed E-state index contributed by atoms with van der Waals surface area (Å²) in [6.45, 7) is 2.31. The molecule has 0 atom stereocenters. The van der Waals surface area contributed by atoms with E-state index in [9.17, 15) is 4.79 Å². The number of rotatable bonds is 1. The van der Waals surface area contributed by atoms with Crippen LogP contribution in [0.5, 0.6) is 0 Å². The van der Waals surface area contributed by atoms with Crippen LogP contribution < -0.4 is 5.56 Å². The standard InChI is InChI=1S/C11H16N2O/c1-13-6-4-9(5-7-13)10-2-3-11(14)12-8-10/h2-3,8-9H,4-7H2,1H3,(H,12,14). The molecule has 3 nitrogen and oxygen atoms in total. The van der Waals surface area contributed by atoms with Crippen molar-refractivity contribution in [2.45, 2.75) is 18.8 Å². The Hall–Kier alpha value is -1.09. The number of pyridine rings is 1. The zero-order valence-electron chi connectivity index (χ0n) is 8.49. The second-order valence-electron chi connectivity index (χ2n) is 4.06. The van der Waals surface area contributed by atoms with Gasteiger partial charge in [-0.3, -0.25) is 4.79 Å². The Labute approximate surface area is 83.8 Å². The minimum atomic E-state index is -0.0123. The van der Waals surface area contributed by atoms with E-state index in [0.717, 1.165) is 13.1 Å². The van der Waals surface area contributed by atoms with Gasteiger partial charge in [-0.05, 0) is 44.5 Å². The lowest BCUT2D eigenvalue weighted by molar-refractivity contribution is 0.255. The minimum Gasteiger partial charge on any atom is -0.329 e. The number of aromatic nitrogens is 1. The fraction of sp³-hybridized carbons (Fsp3) is 0.545. The first-order chi connectivity index (χ1) is 6.75. The molecule has 0 spiro atoms. The Balaban J connectivity index is 2.08. The first-order valence-electron chi connectivity index (χ1n) is 5.13. The van der Waals surface area contributed by atoms with Crippen LogP contribution in [0.1, 0.15) is 24.3 Å². The van der Waals surface area contributed by atoms with Crippen LogP contribution in [0.2, 0.25) is 0 Å². The van der Waals surface area contributed by atoms with Crippen molar-refractivity contribution in [3.05, 3.63) is 34.2 Å². The highest BCUT2D eigenvalue weighted by Crippen LogP contribution is 2.25. The van der Waals surface area contributed by atoms with Gasteiger partial charge in [0.25, 0.3) is 0 Å². The molecule has 0 aromatic carbocycles. The van der Waals surface area contributed by atoms with Crippen LogP contribution in [0.15, 0.2) is 23.1 Å². The Bertz CT molecular complexity index is 330. The van der Waals surface area contributed by atoms with Gasteiger partial charge in [-0.25, -0.2) is 0 Å². The molecule has 14 heavy (non-hydrogen) atoms. The van der Waals surface area contributed by atoms with Crippen molar-refractivity contribution in [3.8, 4) is 0 Å². The van der Waals surface area contributed by atoms with E-state index in [1.165, 1.54) is 18.4 Å². The third kappa shape index (κ3) is 2.04. The van der Waals surface area contributed by atoms with Crippen molar-refractivity contribution in [1.82, 2.24) is 9.88 Å². The number of piperidine rings is 1. The van der Waals surface area contributed by atoms with Gasteiger partial charge in [0, 0.05) is 12.3 Å². The topological polar surface area (TPSA) is 36.1 Å². The third-order valence-corrected chi connectivity index (χ3v) is 3.00. The molecule has 2 rings (SSSR count). The van der Waals surface area contributed by atoms with E-state index in [1.54, 1.807) is 6.07 Å². The maximum atomic E-state index is 10.9. The fourth-order valence-corrected chi connectivity index (χ4v) is 2.02. The third-order valence-electron chi connectivity index (χ3n) is 3.00. The summed E-state index contributed by atoms with van der Waals surface area (Å²) in [4.78, 5) is 16.0. The highest BCUT2D eigenvalue weighted by Gasteiger charge is 2.17. The summed E-state index contributed by atoms with van der Waals surface area (Å²) in [5.74, 6) is 0.628. The Kier molecular flexibility index (Phi) is 2.68. The highest BCUT2D eigenvalue weighted by atomic mass is 16.1. The van der Waals surface area contributed by atoms with Gasteiger partial charge in [0.2, 0.25) is 5.56 Å². The summed E-state index contributed by atoms with van der Waals surface area (Å²) in [7, 11) is 2.16. The van der Waals surface area contributed by atoms with Gasteiger partial charge in [-0.15, -0.1) is 0 Å². The molecule has 0 amide bonds. The van der Waals surface area contributed by atoms with Crippen LogP contribution in [0, 0.1) is 0 Å². The highest BCUT2D eigenvalue weighted by molar-refractivity contribution is 5.15. The normalized spacial score (nSPS) is 19.8. The predicted octanol–water partition coefficient (Wildman–Crippen LogP) is 1.18. The molecule has 0 radical (unpaired) electrons. The molecule has 76 valence electrons. The number of hydrogen-bond donors (Lipinski definition) is 1. The van der Waals surface area contributed by atoms with Gasteiger partial charge >= 0.3 is 0 Å². The van der Waals surface area contributed by atoms with Crippen LogP contribution in [0.25, 0.3) is 0 Å². The summed E-state index contributed by atoms with van der Waals surface area (Å²) >= 11 is 0. The number of aromatic amines is 1. The molecule has 0 unspecified atom stereocenters. The fourth-order valence-electron chi connectivity index (χ4n) is 2.02. The summed E-state index contributed by atoms with van der Waals surface area (Å²) in [5, 5.41) is 0. The van der Waals surface area contributed by atoms with Crippen molar-refractivity contribution >= 4 is 0 Å². The lowest BCUT2D eigenvalue weighted by Crippen LogP contribution is -2.29. The zero-order valence-corrected chi connectivity index (χ0v) is 8.49. The van der Waals surface area contributed by atoms with Gasteiger partial charge in [0.1, 0.15) is 0 Å². The van der Waals surface area contributed by atoms with Gasteiger partial charge < -0.3 is 9.88 Å². The second kappa shape index (κ2) is 3.96. The molecular formula is C11H16N2O. The van der Waals surface area contributed by atoms with Gasteiger partial charge in [-0.2, -0.15) is 0 Å². The van der Waals surface area contributed by atoms with Crippen molar-refractivity contribution in [2.75, 3.05) is 20.1 Å². The number of nitrogens with zero attached hydrogens (tertiary/aromatic N) is 1. The largest absolute Gasteiger partial charge is 0.329 e. The molecule has 0 bridgehead atoms. The van der Waals surface area contributed by atoms with Gasteiger partial charge in [-0.1, -0.05) is 6.07 Å². The van der Waals surface area contributed by atoms with E-state index < -0.39 is 0 Å². The summed E-state index contributed by atoms with van der Waals surface area (Å²) < 4.78 is 0. The molecule has 1 fully saturated rings. The SMILES string of the molecule is CN1CCC(c2ccc(=O)[nH]c2)CC1. The first-order valence-corrected chi connectivity index (χ1v) is 5.13. The Morgan fingerprint density at radius 3 is 2.64 bits per heavy atom. The van der Waals surface area contributed by atoms with Crippen LogP contribution in [-0.4, -0.2) is 30.0 Å². The van der Waals surface area contributed by atoms with Crippen molar-refractivity contribution in [3.63, 3.8) is 0 Å². The molecule has 1 aliphatic rings. The van der Waals surface area contributed by atoms with Crippen LogP contribution in [0.3, 0.4) is 0 Å². The van der Waals surface area contributed by atoms with Crippen LogP contribution in [0.4, 0.5) is 0 Å². The molecule has 0 saturated carbocycles. The summed E-state index contributed by atoms with van der Waals surface area (Å²) in [5.41, 5.74) is 1.26. The molecule has 1 N–H and O–H groups in total. The first kappa shape index (κ1) is 9.46. The average Bonchev–Trinajstić information content (AvgIpc) is 2.21. The molecule has 1 aromatic heterocycles. The smallest absolute Gasteiger partial charge is 0.247 e. The van der Waals surface area contributed by atoms with Crippen molar-refractivity contribution in [1.29, 1.82) is 0 Å². The van der Waals surface area contributed by atoms with Crippen molar-refractivity contribution < 1.29 is 0 Å². The molecule has 1 aliphatic heterocycles. The predicted molar refractivity (Wildman–Crippen MR) is 56.5 cm³/mol. The van der Waals surface area contributed by atoms with Crippen LogP contribution in [-0.2, 0) is 0 Å². The number of nitrogens with one attached hydrogen (secondary N) is 1. The second-order valence-corrected chi connectivity index (χ2v) is 4.06. The lowest BCUT2D eigenvalue weighted by Gasteiger charge is -2.28. The number of H-pyrrole nitrogens is 1. The average molecular weight is 192 g/mol. The summed E-state index contributed by atoms with van der Waals surface area (Å²) in [6, 6.07) is 3.57. The maximum Gasteiger partial charge on any atom is 0.247 e. The Morgan fingerprint density at radius 2 is 2.07 bits per heavy atom. The van der Waals surface area contributed by atoms with E-state index in [0.29, 0.717) is 5.92 Å². The quantitative estimate of drug-likeness (QED) is 0.725.